The minimum absolute atomic E-state index is 0.435. The second-order valence-corrected chi connectivity index (χ2v) is 5.56. The minimum Gasteiger partial charge on any atom is -0.491 e. The molecule has 4 nitrogen and oxygen atoms in total. The summed E-state index contributed by atoms with van der Waals surface area (Å²) in [5, 5.41) is 3.80. The van der Waals surface area contributed by atoms with E-state index in [1.165, 1.54) is 0 Å². The molecule has 1 amide bonds. The van der Waals surface area contributed by atoms with Gasteiger partial charge in [0, 0.05) is 12.6 Å². The second kappa shape index (κ2) is 5.54. The first-order chi connectivity index (χ1) is 10.2. The van der Waals surface area contributed by atoms with Crippen LogP contribution in [-0.4, -0.2) is 18.0 Å². The van der Waals surface area contributed by atoms with Crippen molar-refractivity contribution in [2.24, 2.45) is 0 Å². The summed E-state index contributed by atoms with van der Waals surface area (Å²) in [5.74, 6) is 0.657. The zero-order valence-electron chi connectivity index (χ0n) is 11.0. The average molecular weight is 323 g/mol. The molecule has 21 heavy (non-hydrogen) atoms. The monoisotopic (exact) mass is 322 g/mol. The number of ether oxygens (including phenoxy) is 1. The van der Waals surface area contributed by atoms with Crippen LogP contribution in [0.1, 0.15) is 17.7 Å². The quantitative estimate of drug-likeness (QED) is 0.883. The number of halogens is 2. The third kappa shape index (κ3) is 2.34. The van der Waals surface area contributed by atoms with Crippen LogP contribution in [-0.2, 0) is 10.3 Å². The number of nitrogens with one attached hydrogen (secondary N) is 1. The van der Waals surface area contributed by atoms with E-state index in [9.17, 15) is 4.79 Å². The Morgan fingerprint density at radius 2 is 2.14 bits per heavy atom. The fourth-order valence-corrected chi connectivity index (χ4v) is 2.93. The van der Waals surface area contributed by atoms with Gasteiger partial charge in [-0.1, -0.05) is 29.3 Å². The Balaban J connectivity index is 2.21. The van der Waals surface area contributed by atoms with Crippen LogP contribution in [0.25, 0.3) is 0 Å². The largest absolute Gasteiger partial charge is 0.491 e. The third-order valence-electron chi connectivity index (χ3n) is 3.63. The van der Waals surface area contributed by atoms with E-state index in [1.807, 2.05) is 12.1 Å². The van der Waals surface area contributed by atoms with E-state index in [-0.39, 0.29) is 0 Å². The third-order valence-corrected chi connectivity index (χ3v) is 4.37. The van der Waals surface area contributed by atoms with Gasteiger partial charge in [0.15, 0.2) is 0 Å². The highest BCUT2D eigenvalue weighted by atomic mass is 35.5. The molecule has 0 bridgehead atoms. The van der Waals surface area contributed by atoms with Gasteiger partial charge in [0.2, 0.25) is 6.41 Å². The van der Waals surface area contributed by atoms with Crippen molar-refractivity contribution in [1.82, 2.24) is 10.3 Å². The lowest BCUT2D eigenvalue weighted by Gasteiger charge is -2.37. The fourth-order valence-electron chi connectivity index (χ4n) is 2.63. The lowest BCUT2D eigenvalue weighted by molar-refractivity contribution is -0.111. The summed E-state index contributed by atoms with van der Waals surface area (Å²) in [5.41, 5.74) is 0.735. The van der Waals surface area contributed by atoms with Gasteiger partial charge in [-0.05, 0) is 29.8 Å². The van der Waals surface area contributed by atoms with Crippen LogP contribution >= 0.6 is 23.2 Å². The van der Waals surface area contributed by atoms with Crippen molar-refractivity contribution in [2.75, 3.05) is 6.61 Å². The maximum atomic E-state index is 11.2. The number of pyridine rings is 1. The van der Waals surface area contributed by atoms with Crippen molar-refractivity contribution in [3.8, 4) is 5.75 Å². The van der Waals surface area contributed by atoms with E-state index in [0.29, 0.717) is 40.9 Å². The molecule has 0 aliphatic carbocycles. The van der Waals surface area contributed by atoms with Gasteiger partial charge in [-0.3, -0.25) is 9.78 Å². The van der Waals surface area contributed by atoms with E-state index in [1.54, 1.807) is 24.4 Å². The van der Waals surface area contributed by atoms with Crippen LogP contribution in [0.15, 0.2) is 36.5 Å². The number of hydrogen-bond donors (Lipinski definition) is 1. The first-order valence-electron chi connectivity index (χ1n) is 6.42. The van der Waals surface area contributed by atoms with E-state index in [4.69, 9.17) is 27.9 Å². The van der Waals surface area contributed by atoms with Gasteiger partial charge in [-0.2, -0.15) is 0 Å². The number of fused-ring (bicyclic) bond motifs is 1. The Kier molecular flexibility index (Phi) is 3.74. The maximum Gasteiger partial charge on any atom is 0.208 e. The molecule has 1 unspecified atom stereocenters. The second-order valence-electron chi connectivity index (χ2n) is 4.75. The lowest BCUT2D eigenvalue weighted by atomic mass is 9.81. The van der Waals surface area contributed by atoms with E-state index in [2.05, 4.69) is 10.3 Å². The van der Waals surface area contributed by atoms with Crippen LogP contribution in [0.5, 0.6) is 5.75 Å². The minimum atomic E-state index is -0.759. The van der Waals surface area contributed by atoms with Crippen molar-refractivity contribution in [3.05, 3.63) is 57.8 Å². The van der Waals surface area contributed by atoms with Crippen molar-refractivity contribution in [1.29, 1.82) is 0 Å². The molecule has 0 fully saturated rings. The highest BCUT2D eigenvalue weighted by Gasteiger charge is 2.41. The van der Waals surface area contributed by atoms with Crippen LogP contribution < -0.4 is 10.1 Å². The number of carbonyl (C=O) groups excluding carboxylic acids is 1. The van der Waals surface area contributed by atoms with Gasteiger partial charge in [-0.25, -0.2) is 0 Å². The van der Waals surface area contributed by atoms with Crippen LogP contribution in [0.4, 0.5) is 0 Å². The van der Waals surface area contributed by atoms with Crippen LogP contribution in [0, 0.1) is 0 Å². The smallest absolute Gasteiger partial charge is 0.208 e. The summed E-state index contributed by atoms with van der Waals surface area (Å²) < 4.78 is 5.62. The molecule has 1 aromatic carbocycles. The molecule has 1 aliphatic heterocycles. The number of benzene rings is 1. The normalized spacial score (nSPS) is 20.3. The molecule has 6 heteroatoms. The van der Waals surface area contributed by atoms with Crippen molar-refractivity contribution < 1.29 is 9.53 Å². The molecular weight excluding hydrogens is 311 g/mol. The zero-order valence-corrected chi connectivity index (χ0v) is 12.5. The Labute approximate surface area is 132 Å². The van der Waals surface area contributed by atoms with E-state index >= 15 is 0 Å². The van der Waals surface area contributed by atoms with Crippen molar-refractivity contribution >= 4 is 29.6 Å². The van der Waals surface area contributed by atoms with Crippen LogP contribution in [0.2, 0.25) is 10.0 Å². The summed E-state index contributed by atoms with van der Waals surface area (Å²) in [4.78, 5) is 15.6. The molecule has 2 aromatic rings. The molecule has 1 atom stereocenters. The standard InChI is InChI=1S/C15H12Cl2N2O2/c16-11-4-3-10(8-12(11)17)15(19-9-20)5-7-21-13-2-1-6-18-14(13)15/h1-4,6,8-9H,5,7H2,(H,19,20). The predicted molar refractivity (Wildman–Crippen MR) is 80.8 cm³/mol. The Morgan fingerprint density at radius 1 is 1.29 bits per heavy atom. The van der Waals surface area contributed by atoms with Gasteiger partial charge in [0.1, 0.15) is 17.0 Å². The summed E-state index contributed by atoms with van der Waals surface area (Å²) >= 11 is 12.1. The summed E-state index contributed by atoms with van der Waals surface area (Å²) in [6.07, 6.45) is 2.91. The van der Waals surface area contributed by atoms with Gasteiger partial charge < -0.3 is 10.1 Å². The van der Waals surface area contributed by atoms with Gasteiger partial charge >= 0.3 is 0 Å². The predicted octanol–water partition coefficient (Wildman–Crippen LogP) is 3.16. The first-order valence-corrected chi connectivity index (χ1v) is 7.18. The lowest BCUT2D eigenvalue weighted by Crippen LogP contribution is -2.47. The van der Waals surface area contributed by atoms with Crippen molar-refractivity contribution in [2.45, 2.75) is 12.0 Å². The van der Waals surface area contributed by atoms with Crippen LogP contribution in [0.3, 0.4) is 0 Å². The Bertz CT molecular complexity index is 693. The molecule has 1 aromatic heterocycles. The number of carbonyl (C=O) groups is 1. The number of hydrogen-bond acceptors (Lipinski definition) is 3. The van der Waals surface area contributed by atoms with Crippen molar-refractivity contribution in [3.63, 3.8) is 0 Å². The molecule has 0 saturated carbocycles. The Morgan fingerprint density at radius 3 is 2.90 bits per heavy atom. The number of aromatic nitrogens is 1. The maximum absolute atomic E-state index is 11.2. The fraction of sp³-hybridized carbons (Fsp3) is 0.200. The SMILES string of the molecule is O=CNC1(c2ccc(Cl)c(Cl)c2)CCOc2cccnc21. The molecule has 0 radical (unpaired) electrons. The van der Waals surface area contributed by atoms with E-state index < -0.39 is 5.54 Å². The van der Waals surface area contributed by atoms with Gasteiger partial charge in [0.25, 0.3) is 0 Å². The van der Waals surface area contributed by atoms with Gasteiger partial charge in [-0.15, -0.1) is 0 Å². The highest BCUT2D eigenvalue weighted by Crippen LogP contribution is 2.41. The molecular formula is C15H12Cl2N2O2. The number of rotatable bonds is 3. The average Bonchev–Trinajstić information content (AvgIpc) is 2.50. The molecule has 2 heterocycles. The molecule has 108 valence electrons. The molecule has 0 saturated heterocycles. The Hall–Kier alpha value is -1.78. The topological polar surface area (TPSA) is 51.2 Å². The highest BCUT2D eigenvalue weighted by molar-refractivity contribution is 6.42. The number of amides is 1. The molecule has 0 spiro atoms. The zero-order chi connectivity index (χ0) is 14.9. The van der Waals surface area contributed by atoms with E-state index in [0.717, 1.165) is 5.56 Å². The summed E-state index contributed by atoms with van der Waals surface area (Å²) in [6, 6.07) is 8.94. The summed E-state index contributed by atoms with van der Waals surface area (Å²) in [7, 11) is 0. The molecule has 1 aliphatic rings. The van der Waals surface area contributed by atoms with Gasteiger partial charge in [0.05, 0.1) is 16.7 Å². The summed E-state index contributed by atoms with van der Waals surface area (Å²) in [6.45, 7) is 0.472. The number of nitrogens with zero attached hydrogens (tertiary/aromatic N) is 1. The first kappa shape index (κ1) is 14.2. The molecule has 3 rings (SSSR count). The molecule has 1 N–H and O–H groups in total.